The lowest BCUT2D eigenvalue weighted by atomic mass is 10.0. The molecule has 198 valence electrons. The second kappa shape index (κ2) is 14.1. The van der Waals surface area contributed by atoms with Gasteiger partial charge in [0, 0.05) is 31.0 Å². The first-order valence-electron chi connectivity index (χ1n) is 12.5. The van der Waals surface area contributed by atoms with E-state index in [0.717, 1.165) is 6.07 Å². The van der Waals surface area contributed by atoms with Crippen molar-refractivity contribution in [3.8, 4) is 0 Å². The first kappa shape index (κ1) is 30.5. The van der Waals surface area contributed by atoms with Crippen LogP contribution in [0.25, 0.3) is 0 Å². The molecule has 1 saturated heterocycles. The average Bonchev–Trinajstić information content (AvgIpc) is 3.16. The van der Waals surface area contributed by atoms with Crippen molar-refractivity contribution in [2.45, 2.75) is 79.4 Å². The fourth-order valence-electron chi connectivity index (χ4n) is 4.36. The van der Waals surface area contributed by atoms with Gasteiger partial charge >= 0.3 is 0 Å². The van der Waals surface area contributed by atoms with Crippen molar-refractivity contribution >= 4 is 17.8 Å². The van der Waals surface area contributed by atoms with Gasteiger partial charge in [-0.15, -0.1) is 0 Å². The van der Waals surface area contributed by atoms with Crippen LogP contribution in [0.3, 0.4) is 0 Å². The number of amides is 2. The molecule has 1 heterocycles. The molecule has 1 fully saturated rings. The highest BCUT2D eigenvalue weighted by molar-refractivity contribution is 5.85. The third-order valence-corrected chi connectivity index (χ3v) is 7.17. The monoisotopic (exact) mass is 497 g/mol. The van der Waals surface area contributed by atoms with E-state index in [0.29, 0.717) is 6.42 Å². The molecule has 0 spiro atoms. The van der Waals surface area contributed by atoms with Crippen LogP contribution in [0.15, 0.2) is 18.2 Å². The third-order valence-electron chi connectivity index (χ3n) is 7.17. The van der Waals surface area contributed by atoms with Gasteiger partial charge < -0.3 is 24.6 Å². The molecule has 2 rings (SSSR count). The van der Waals surface area contributed by atoms with Gasteiger partial charge in [-0.1, -0.05) is 26.0 Å². The highest BCUT2D eigenvalue weighted by Gasteiger charge is 2.33. The number of quaternary nitrogens is 1. The summed E-state index contributed by atoms with van der Waals surface area (Å²) in [5.41, 5.74) is 0.0282. The Balaban J connectivity index is 0.000000579. The normalized spacial score (nSPS) is 16.7. The molecule has 1 aromatic carbocycles. The Labute approximate surface area is 208 Å². The molecule has 2 amide bonds. The quantitative estimate of drug-likeness (QED) is 0.476. The number of hydrogen-bond acceptors (Lipinski definition) is 4. The van der Waals surface area contributed by atoms with E-state index in [1.165, 1.54) is 47.7 Å². The smallest absolute Gasteiger partial charge is 0.223 e. The highest BCUT2D eigenvalue weighted by atomic mass is 19.2. The van der Waals surface area contributed by atoms with Crippen molar-refractivity contribution in [1.29, 1.82) is 0 Å². The predicted octanol–water partition coefficient (Wildman–Crippen LogP) is 2.62. The number of carbonyl (C=O) groups is 3. The second-order valence-corrected chi connectivity index (χ2v) is 9.35. The first-order valence-corrected chi connectivity index (χ1v) is 12.5. The van der Waals surface area contributed by atoms with Gasteiger partial charge in [0.1, 0.15) is 0 Å². The lowest BCUT2D eigenvalue weighted by Crippen LogP contribution is -2.51. The summed E-state index contributed by atoms with van der Waals surface area (Å²) in [4.78, 5) is 36.7. The van der Waals surface area contributed by atoms with Crippen LogP contribution in [0.5, 0.6) is 0 Å². The molecular formula is C26H41F2N3O4. The Morgan fingerprint density at radius 2 is 1.69 bits per heavy atom. The molecule has 9 heteroatoms. The van der Waals surface area contributed by atoms with Gasteiger partial charge in [0.2, 0.25) is 11.8 Å². The molecule has 0 bridgehead atoms. The molecule has 1 N–H and O–H groups in total. The third kappa shape index (κ3) is 8.56. The minimum absolute atomic E-state index is 0.0282. The maximum absolute atomic E-state index is 13.9. The topological polar surface area (TPSA) is 89.5 Å². The molecule has 0 aliphatic carbocycles. The zero-order chi connectivity index (χ0) is 26.8. The molecule has 0 unspecified atom stereocenters. The largest absolute Gasteiger partial charge is 0.548 e. The molecule has 0 radical (unpaired) electrons. The van der Waals surface area contributed by atoms with E-state index in [-0.39, 0.29) is 36.8 Å². The van der Waals surface area contributed by atoms with Crippen LogP contribution in [-0.2, 0) is 20.9 Å². The molecule has 35 heavy (non-hydrogen) atoms. The van der Waals surface area contributed by atoms with Gasteiger partial charge in [-0.3, -0.25) is 9.59 Å². The zero-order valence-corrected chi connectivity index (χ0v) is 21.9. The van der Waals surface area contributed by atoms with Crippen LogP contribution in [0.2, 0.25) is 0 Å². The Morgan fingerprint density at radius 3 is 2.14 bits per heavy atom. The number of halogens is 2. The van der Waals surface area contributed by atoms with Gasteiger partial charge in [-0.2, -0.15) is 0 Å². The molecule has 0 saturated carbocycles. The van der Waals surface area contributed by atoms with E-state index < -0.39 is 35.6 Å². The number of carboxylic acids is 1. The Morgan fingerprint density at radius 1 is 1.11 bits per heavy atom. The van der Waals surface area contributed by atoms with E-state index >= 15 is 0 Å². The number of rotatable bonds is 11. The van der Waals surface area contributed by atoms with Gasteiger partial charge in [-0.25, -0.2) is 8.78 Å². The van der Waals surface area contributed by atoms with Gasteiger partial charge in [0.25, 0.3) is 0 Å². The van der Waals surface area contributed by atoms with E-state index in [2.05, 4.69) is 33.0 Å². The summed E-state index contributed by atoms with van der Waals surface area (Å²) in [6.07, 6.45) is 0.475. The summed E-state index contributed by atoms with van der Waals surface area (Å²) < 4.78 is 28.5. The minimum atomic E-state index is -1.38. The predicted molar refractivity (Wildman–Crippen MR) is 129 cm³/mol. The lowest BCUT2D eigenvalue weighted by Gasteiger charge is -2.34. The number of nitrogens with zero attached hydrogens (tertiary/aromatic N) is 2. The molecule has 0 aromatic heterocycles. The molecular weight excluding hydrogens is 456 g/mol. The van der Waals surface area contributed by atoms with Crippen LogP contribution in [0.4, 0.5) is 8.78 Å². The fraction of sp³-hybridized carbons (Fsp3) is 0.654. The number of carboxylic acid groups (broad SMARTS) is 1. The standard InChI is InChI=1S/C18H22F2N2O4.C8H20N/c1-10(2)17(18(25)26)21-14(23)8-12-6-7-15(24)22(12)9-11-4-3-5-13(19)16(11)20;1-5-9(6-2,7-3)8-4/h3-5,10,12,17H,6-9H2,1-2H3,(H,21,23)(H,25,26);5-8H2,1-4H3/q;+1/p-1/t12-,17-;/m0./s1. The summed E-state index contributed by atoms with van der Waals surface area (Å²) in [6, 6.07) is 2.09. The van der Waals surface area contributed by atoms with Crippen molar-refractivity contribution in [1.82, 2.24) is 10.2 Å². The van der Waals surface area contributed by atoms with Crippen LogP contribution in [-0.4, -0.2) is 65.4 Å². The number of carbonyl (C=O) groups excluding carboxylic acids is 3. The summed E-state index contributed by atoms with van der Waals surface area (Å²) in [6.45, 7) is 17.4. The van der Waals surface area contributed by atoms with E-state index in [9.17, 15) is 28.3 Å². The van der Waals surface area contributed by atoms with Gasteiger partial charge in [-0.05, 0) is 46.1 Å². The van der Waals surface area contributed by atoms with Crippen molar-refractivity contribution in [3.63, 3.8) is 0 Å². The summed E-state index contributed by atoms with van der Waals surface area (Å²) >= 11 is 0. The molecule has 1 aromatic rings. The van der Waals surface area contributed by atoms with E-state index in [4.69, 9.17) is 0 Å². The minimum Gasteiger partial charge on any atom is -0.548 e. The van der Waals surface area contributed by atoms with Crippen molar-refractivity contribution < 1.29 is 32.8 Å². The molecule has 1 aliphatic heterocycles. The zero-order valence-electron chi connectivity index (χ0n) is 21.9. The van der Waals surface area contributed by atoms with Gasteiger partial charge in [0.15, 0.2) is 11.6 Å². The number of likely N-dealkylation sites (tertiary alicyclic amines) is 1. The first-order chi connectivity index (χ1) is 16.4. The lowest BCUT2D eigenvalue weighted by molar-refractivity contribution is -0.921. The Bertz CT molecular complexity index is 841. The second-order valence-electron chi connectivity index (χ2n) is 9.35. The number of nitrogens with one attached hydrogen (secondary N) is 1. The maximum Gasteiger partial charge on any atom is 0.223 e. The van der Waals surface area contributed by atoms with Gasteiger partial charge in [0.05, 0.1) is 38.2 Å². The molecule has 7 nitrogen and oxygen atoms in total. The van der Waals surface area contributed by atoms with Crippen molar-refractivity contribution in [2.75, 3.05) is 26.2 Å². The van der Waals surface area contributed by atoms with Crippen LogP contribution in [0, 0.1) is 17.6 Å². The maximum atomic E-state index is 13.9. The number of benzene rings is 1. The number of aliphatic carboxylic acids is 1. The summed E-state index contributed by atoms with van der Waals surface area (Å²) in [5, 5.41) is 13.5. The Kier molecular flexibility index (Phi) is 12.3. The summed E-state index contributed by atoms with van der Waals surface area (Å²) in [5.74, 6) is -4.55. The van der Waals surface area contributed by atoms with Crippen molar-refractivity contribution in [2.24, 2.45) is 5.92 Å². The summed E-state index contributed by atoms with van der Waals surface area (Å²) in [7, 11) is 0. The molecule has 1 aliphatic rings. The fourth-order valence-corrected chi connectivity index (χ4v) is 4.36. The average molecular weight is 498 g/mol. The van der Waals surface area contributed by atoms with Crippen LogP contribution in [0.1, 0.15) is 66.4 Å². The Hall–Kier alpha value is -2.55. The van der Waals surface area contributed by atoms with Crippen molar-refractivity contribution in [3.05, 3.63) is 35.4 Å². The molecule has 2 atom stereocenters. The van der Waals surface area contributed by atoms with Crippen LogP contribution >= 0.6 is 0 Å². The highest BCUT2D eigenvalue weighted by Crippen LogP contribution is 2.25. The number of hydrogen-bond donors (Lipinski definition) is 1. The van der Waals surface area contributed by atoms with Crippen LogP contribution < -0.4 is 10.4 Å². The van der Waals surface area contributed by atoms with E-state index in [1.807, 2.05) is 0 Å². The van der Waals surface area contributed by atoms with E-state index in [1.54, 1.807) is 13.8 Å². The SMILES string of the molecule is CC(C)[C@H](NC(=O)C[C@@H]1CCC(=O)N1Cc1cccc(F)c1F)C(=O)[O-].CC[N+](CC)(CC)CC.